The standard InChI is InChI=1S/C24H31NO2S/c1-25-24-13-12-20-11-10-19(14-15-28(26,27)21-8-5-9-21)16-22(20)23(24)17-18-6-3-2-4-7-18/h2-4,6-7,10-11,16,21,23-25H,5,8-9,12-15,17H2,1H3. The van der Waals surface area contributed by atoms with Crippen molar-refractivity contribution in [1.82, 2.24) is 5.32 Å². The normalized spacial score (nSPS) is 22.5. The number of aryl methyl sites for hydroxylation is 2. The van der Waals surface area contributed by atoms with Crippen molar-refractivity contribution < 1.29 is 8.42 Å². The molecule has 2 aliphatic rings. The lowest BCUT2D eigenvalue weighted by Gasteiger charge is -2.34. The van der Waals surface area contributed by atoms with E-state index in [4.69, 9.17) is 0 Å². The fraction of sp³-hybridized carbons (Fsp3) is 0.500. The highest BCUT2D eigenvalue weighted by molar-refractivity contribution is 7.92. The molecule has 1 fully saturated rings. The number of hydrogen-bond acceptors (Lipinski definition) is 3. The molecule has 3 nitrogen and oxygen atoms in total. The molecule has 4 rings (SSSR count). The number of likely N-dealkylation sites (N-methyl/N-ethyl adjacent to an activating group) is 1. The van der Waals surface area contributed by atoms with Crippen LogP contribution in [0, 0.1) is 0 Å². The first-order valence-electron chi connectivity index (χ1n) is 10.6. The Kier molecular flexibility index (Phi) is 5.88. The van der Waals surface area contributed by atoms with Crippen LogP contribution in [0.5, 0.6) is 0 Å². The van der Waals surface area contributed by atoms with E-state index in [1.54, 1.807) is 0 Å². The Morgan fingerprint density at radius 2 is 1.79 bits per heavy atom. The average Bonchev–Trinajstić information content (AvgIpc) is 2.66. The van der Waals surface area contributed by atoms with Crippen molar-refractivity contribution >= 4 is 9.84 Å². The lowest BCUT2D eigenvalue weighted by atomic mass is 9.75. The van der Waals surface area contributed by atoms with E-state index in [1.165, 1.54) is 16.7 Å². The predicted molar refractivity (Wildman–Crippen MR) is 116 cm³/mol. The van der Waals surface area contributed by atoms with Gasteiger partial charge in [-0.1, -0.05) is 55.0 Å². The zero-order valence-corrected chi connectivity index (χ0v) is 17.5. The third-order valence-electron chi connectivity index (χ3n) is 6.72. The van der Waals surface area contributed by atoms with Gasteiger partial charge in [0.1, 0.15) is 0 Å². The zero-order chi connectivity index (χ0) is 19.6. The summed E-state index contributed by atoms with van der Waals surface area (Å²) in [5.74, 6) is 0.717. The molecule has 0 amide bonds. The summed E-state index contributed by atoms with van der Waals surface area (Å²) in [6.07, 6.45) is 6.67. The number of fused-ring (bicyclic) bond motifs is 1. The number of sulfone groups is 1. The minimum atomic E-state index is -2.93. The highest BCUT2D eigenvalue weighted by Crippen LogP contribution is 2.35. The van der Waals surface area contributed by atoms with Gasteiger partial charge in [-0.25, -0.2) is 8.42 Å². The molecular weight excluding hydrogens is 366 g/mol. The Hall–Kier alpha value is -1.65. The summed E-state index contributed by atoms with van der Waals surface area (Å²) in [7, 11) is -0.875. The van der Waals surface area contributed by atoms with Crippen molar-refractivity contribution in [2.75, 3.05) is 12.8 Å². The SMILES string of the molecule is CNC1CCc2ccc(CCS(=O)(=O)C3CCC3)cc2C1Cc1ccccc1. The first-order valence-corrected chi connectivity index (χ1v) is 12.3. The molecular formula is C24H31NO2S. The van der Waals surface area contributed by atoms with Crippen LogP contribution in [0.15, 0.2) is 48.5 Å². The molecule has 2 atom stereocenters. The van der Waals surface area contributed by atoms with Gasteiger partial charge in [0.05, 0.1) is 11.0 Å². The van der Waals surface area contributed by atoms with Crippen LogP contribution in [0.3, 0.4) is 0 Å². The molecule has 0 bridgehead atoms. The van der Waals surface area contributed by atoms with Crippen LogP contribution >= 0.6 is 0 Å². The van der Waals surface area contributed by atoms with E-state index in [2.05, 4.69) is 60.9 Å². The lowest BCUT2D eigenvalue weighted by molar-refractivity contribution is 0.409. The van der Waals surface area contributed by atoms with Gasteiger partial charge in [0.25, 0.3) is 0 Å². The second-order valence-electron chi connectivity index (χ2n) is 8.43. The Morgan fingerprint density at radius 1 is 1.00 bits per heavy atom. The van der Waals surface area contributed by atoms with Crippen molar-refractivity contribution in [3.8, 4) is 0 Å². The van der Waals surface area contributed by atoms with E-state index >= 15 is 0 Å². The van der Waals surface area contributed by atoms with Crippen molar-refractivity contribution in [3.05, 3.63) is 70.8 Å². The molecule has 2 unspecified atom stereocenters. The monoisotopic (exact) mass is 397 g/mol. The Labute approximate surface area is 169 Å². The van der Waals surface area contributed by atoms with E-state index in [1.807, 2.05) is 0 Å². The van der Waals surface area contributed by atoms with Gasteiger partial charge in [0, 0.05) is 12.0 Å². The van der Waals surface area contributed by atoms with Crippen molar-refractivity contribution in [3.63, 3.8) is 0 Å². The number of nitrogens with one attached hydrogen (secondary N) is 1. The van der Waals surface area contributed by atoms with Gasteiger partial charge < -0.3 is 5.32 Å². The number of hydrogen-bond donors (Lipinski definition) is 1. The quantitative estimate of drug-likeness (QED) is 0.766. The average molecular weight is 398 g/mol. The van der Waals surface area contributed by atoms with Crippen LogP contribution in [0.1, 0.15) is 53.9 Å². The maximum Gasteiger partial charge on any atom is 0.153 e. The third-order valence-corrected chi connectivity index (χ3v) is 8.98. The number of benzene rings is 2. The fourth-order valence-corrected chi connectivity index (χ4v) is 6.63. The van der Waals surface area contributed by atoms with Crippen LogP contribution in [0.4, 0.5) is 0 Å². The highest BCUT2D eigenvalue weighted by atomic mass is 32.2. The van der Waals surface area contributed by atoms with Gasteiger partial charge in [-0.2, -0.15) is 0 Å². The second-order valence-corrected chi connectivity index (χ2v) is 10.8. The third kappa shape index (κ3) is 4.18. The molecule has 2 aliphatic carbocycles. The summed E-state index contributed by atoms with van der Waals surface area (Å²) in [4.78, 5) is 0. The molecule has 2 aromatic carbocycles. The van der Waals surface area contributed by atoms with Crippen LogP contribution < -0.4 is 5.32 Å². The molecule has 28 heavy (non-hydrogen) atoms. The molecule has 0 heterocycles. The van der Waals surface area contributed by atoms with E-state index in [-0.39, 0.29) is 11.0 Å². The van der Waals surface area contributed by atoms with Gasteiger partial charge in [-0.05, 0) is 67.8 Å². The molecule has 0 spiro atoms. The fourth-order valence-electron chi connectivity index (χ4n) is 4.72. The van der Waals surface area contributed by atoms with E-state index in [0.29, 0.717) is 18.4 Å². The van der Waals surface area contributed by atoms with Crippen LogP contribution in [-0.2, 0) is 29.1 Å². The molecule has 4 heteroatoms. The molecule has 1 saturated carbocycles. The minimum absolute atomic E-state index is 0.0790. The molecule has 1 N–H and O–H groups in total. The van der Waals surface area contributed by atoms with Crippen LogP contribution in [0.25, 0.3) is 0 Å². The molecule has 0 radical (unpaired) electrons. The first-order chi connectivity index (χ1) is 13.6. The second kappa shape index (κ2) is 8.38. The van der Waals surface area contributed by atoms with Crippen molar-refractivity contribution in [2.45, 2.75) is 62.2 Å². The summed E-state index contributed by atoms with van der Waals surface area (Å²) in [6, 6.07) is 17.8. The largest absolute Gasteiger partial charge is 0.316 e. The highest BCUT2D eigenvalue weighted by Gasteiger charge is 2.31. The Balaban J connectivity index is 1.55. The topological polar surface area (TPSA) is 46.2 Å². The van der Waals surface area contributed by atoms with Gasteiger partial charge in [-0.15, -0.1) is 0 Å². The van der Waals surface area contributed by atoms with E-state index in [9.17, 15) is 8.42 Å². The zero-order valence-electron chi connectivity index (χ0n) is 16.7. The van der Waals surface area contributed by atoms with Gasteiger partial charge in [0.15, 0.2) is 9.84 Å². The smallest absolute Gasteiger partial charge is 0.153 e. The maximum absolute atomic E-state index is 12.5. The maximum atomic E-state index is 12.5. The van der Waals surface area contributed by atoms with Gasteiger partial charge in [0.2, 0.25) is 0 Å². The van der Waals surface area contributed by atoms with Gasteiger partial charge in [-0.3, -0.25) is 0 Å². The van der Waals surface area contributed by atoms with E-state index in [0.717, 1.165) is 44.1 Å². The molecule has 2 aromatic rings. The minimum Gasteiger partial charge on any atom is -0.316 e. The number of rotatable bonds is 7. The summed E-state index contributed by atoms with van der Waals surface area (Å²) in [5, 5.41) is 3.45. The molecule has 0 aliphatic heterocycles. The molecule has 0 aromatic heterocycles. The lowest BCUT2D eigenvalue weighted by Crippen LogP contribution is -2.37. The van der Waals surface area contributed by atoms with Crippen molar-refractivity contribution in [1.29, 1.82) is 0 Å². The van der Waals surface area contributed by atoms with Crippen LogP contribution in [0.2, 0.25) is 0 Å². The molecule has 0 saturated heterocycles. The summed E-state index contributed by atoms with van der Waals surface area (Å²) >= 11 is 0. The van der Waals surface area contributed by atoms with Crippen molar-refractivity contribution in [2.24, 2.45) is 0 Å². The first kappa shape index (κ1) is 19.7. The Morgan fingerprint density at radius 3 is 2.46 bits per heavy atom. The van der Waals surface area contributed by atoms with Crippen LogP contribution in [-0.4, -0.2) is 32.5 Å². The Bertz CT molecular complexity index is 903. The van der Waals surface area contributed by atoms with E-state index < -0.39 is 9.84 Å². The summed E-state index contributed by atoms with van der Waals surface area (Å²) < 4.78 is 24.9. The van der Waals surface area contributed by atoms with Gasteiger partial charge >= 0.3 is 0 Å². The predicted octanol–water partition coefficient (Wildman–Crippen LogP) is 4.06. The summed E-state index contributed by atoms with van der Waals surface area (Å²) in [5.41, 5.74) is 5.36. The molecule has 150 valence electrons. The summed E-state index contributed by atoms with van der Waals surface area (Å²) in [6.45, 7) is 0.